The molecule has 0 fully saturated rings. The van der Waals surface area contributed by atoms with Gasteiger partial charge in [-0.05, 0) is 58.7 Å². The van der Waals surface area contributed by atoms with Crippen LogP contribution in [0, 0.1) is 0 Å². The van der Waals surface area contributed by atoms with Crippen LogP contribution in [0.25, 0.3) is 66.9 Å². The van der Waals surface area contributed by atoms with Gasteiger partial charge in [0.1, 0.15) is 0 Å². The number of anilines is 3. The zero-order valence-corrected chi connectivity index (χ0v) is 29.0. The molecule has 3 nitrogen and oxygen atoms in total. The predicted octanol–water partition coefficient (Wildman–Crippen LogP) is 13.4. The van der Waals surface area contributed by atoms with E-state index in [-0.39, 0.29) is 0 Å². The van der Waals surface area contributed by atoms with Crippen molar-refractivity contribution in [3.8, 4) is 55.9 Å². The number of benzene rings is 8. The maximum absolute atomic E-state index is 5.58. The highest BCUT2D eigenvalue weighted by Gasteiger charge is 2.20. The van der Waals surface area contributed by atoms with Crippen molar-refractivity contribution < 1.29 is 0 Å². The Labute approximate surface area is 310 Å². The van der Waals surface area contributed by atoms with Crippen molar-refractivity contribution in [1.82, 2.24) is 9.97 Å². The van der Waals surface area contributed by atoms with E-state index >= 15 is 0 Å². The summed E-state index contributed by atoms with van der Waals surface area (Å²) >= 11 is 0. The van der Waals surface area contributed by atoms with Gasteiger partial charge in [-0.2, -0.15) is 0 Å². The number of nitrogens with zero attached hydrogens (tertiary/aromatic N) is 3. The molecule has 0 saturated heterocycles. The molecule has 0 atom stereocenters. The van der Waals surface area contributed by atoms with Crippen molar-refractivity contribution in [2.24, 2.45) is 0 Å². The smallest absolute Gasteiger partial charge is 0.0979 e. The quantitative estimate of drug-likeness (QED) is 0.160. The zero-order chi connectivity index (χ0) is 35.4. The van der Waals surface area contributed by atoms with E-state index in [9.17, 15) is 0 Å². The SMILES string of the molecule is c1ccc(-c2ccc(-c3ccc(-c4ccccc4)c4nc(-c5ccccc5)c(-c5ccc(N(c6ccccc6)c6ccccc6)cc5)nc34)cc2)cc1. The molecule has 0 amide bonds. The van der Waals surface area contributed by atoms with Crippen LogP contribution in [0.2, 0.25) is 0 Å². The molecule has 1 heterocycles. The molecule has 0 aliphatic heterocycles. The summed E-state index contributed by atoms with van der Waals surface area (Å²) < 4.78 is 0. The van der Waals surface area contributed by atoms with E-state index in [4.69, 9.17) is 9.97 Å². The van der Waals surface area contributed by atoms with Crippen molar-refractivity contribution >= 4 is 28.1 Å². The average Bonchev–Trinajstić information content (AvgIpc) is 3.25. The lowest BCUT2D eigenvalue weighted by Gasteiger charge is -2.25. The van der Waals surface area contributed by atoms with E-state index in [1.165, 1.54) is 11.1 Å². The van der Waals surface area contributed by atoms with Gasteiger partial charge in [-0.15, -0.1) is 0 Å². The van der Waals surface area contributed by atoms with Gasteiger partial charge in [-0.25, -0.2) is 9.97 Å². The summed E-state index contributed by atoms with van der Waals surface area (Å²) in [5, 5.41) is 0. The summed E-state index contributed by atoms with van der Waals surface area (Å²) in [4.78, 5) is 13.4. The van der Waals surface area contributed by atoms with Crippen LogP contribution in [-0.2, 0) is 0 Å². The zero-order valence-electron chi connectivity index (χ0n) is 29.0. The Balaban J connectivity index is 1.24. The second-order valence-electron chi connectivity index (χ2n) is 13.0. The molecule has 3 heteroatoms. The van der Waals surface area contributed by atoms with Gasteiger partial charge in [0.2, 0.25) is 0 Å². The van der Waals surface area contributed by atoms with E-state index in [0.29, 0.717) is 0 Å². The Morgan fingerprint density at radius 3 is 1.02 bits per heavy atom. The molecule has 1 aromatic heterocycles. The summed E-state index contributed by atoms with van der Waals surface area (Å²) in [6.07, 6.45) is 0. The first kappa shape index (κ1) is 31.9. The Hall–Kier alpha value is -7.10. The van der Waals surface area contributed by atoms with E-state index in [1.54, 1.807) is 0 Å². The monoisotopic (exact) mass is 677 g/mol. The second-order valence-corrected chi connectivity index (χ2v) is 13.0. The lowest BCUT2D eigenvalue weighted by atomic mass is 9.95. The van der Waals surface area contributed by atoms with Crippen LogP contribution in [0.3, 0.4) is 0 Å². The van der Waals surface area contributed by atoms with Crippen molar-refractivity contribution in [3.05, 3.63) is 212 Å². The number of rotatable bonds is 8. The fraction of sp³-hybridized carbons (Fsp3) is 0. The number of para-hydroxylation sites is 2. The fourth-order valence-corrected chi connectivity index (χ4v) is 7.06. The number of fused-ring (bicyclic) bond motifs is 1. The molecule has 0 spiro atoms. The predicted molar refractivity (Wildman–Crippen MR) is 221 cm³/mol. The Kier molecular flexibility index (Phi) is 8.57. The lowest BCUT2D eigenvalue weighted by molar-refractivity contribution is 1.27. The normalized spacial score (nSPS) is 11.0. The van der Waals surface area contributed by atoms with Gasteiger partial charge in [0, 0.05) is 39.3 Å². The molecule has 53 heavy (non-hydrogen) atoms. The molecular formula is C50H35N3. The second kappa shape index (κ2) is 14.3. The number of hydrogen-bond donors (Lipinski definition) is 0. The highest BCUT2D eigenvalue weighted by atomic mass is 15.1. The summed E-state index contributed by atoms with van der Waals surface area (Å²) in [7, 11) is 0. The van der Waals surface area contributed by atoms with Crippen LogP contribution in [0.15, 0.2) is 212 Å². The minimum absolute atomic E-state index is 0.841. The molecule has 8 aromatic carbocycles. The van der Waals surface area contributed by atoms with Crippen molar-refractivity contribution in [2.45, 2.75) is 0 Å². The molecule has 0 aliphatic carbocycles. The fourth-order valence-electron chi connectivity index (χ4n) is 7.06. The van der Waals surface area contributed by atoms with E-state index < -0.39 is 0 Å². The van der Waals surface area contributed by atoms with E-state index in [2.05, 4.69) is 187 Å². The Bertz CT molecular complexity index is 2570. The van der Waals surface area contributed by atoms with Gasteiger partial charge in [0.15, 0.2) is 0 Å². The third kappa shape index (κ3) is 6.37. The standard InChI is InChI=1S/C50H35N3/c1-6-16-36(17-7-1)37-26-28-39(29-27-37)46-35-34-45(38-18-8-2-9-19-38)49-50(46)52-48(47(51-49)40-20-10-3-11-21-40)41-30-32-44(33-31-41)53(42-22-12-4-13-23-42)43-24-14-5-15-25-43/h1-35H. The van der Waals surface area contributed by atoms with Crippen molar-refractivity contribution in [3.63, 3.8) is 0 Å². The topological polar surface area (TPSA) is 29.0 Å². The van der Waals surface area contributed by atoms with Gasteiger partial charge >= 0.3 is 0 Å². The van der Waals surface area contributed by atoms with Gasteiger partial charge in [0.25, 0.3) is 0 Å². The highest BCUT2D eigenvalue weighted by molar-refractivity contribution is 6.03. The molecule has 0 N–H and O–H groups in total. The first-order valence-electron chi connectivity index (χ1n) is 17.9. The van der Waals surface area contributed by atoms with Gasteiger partial charge < -0.3 is 4.90 Å². The van der Waals surface area contributed by atoms with Crippen LogP contribution in [0.4, 0.5) is 17.1 Å². The van der Waals surface area contributed by atoms with E-state index in [0.717, 1.165) is 72.9 Å². The van der Waals surface area contributed by atoms with Crippen LogP contribution in [0.5, 0.6) is 0 Å². The molecule has 0 aliphatic rings. The molecule has 9 aromatic rings. The molecule has 0 saturated carbocycles. The van der Waals surface area contributed by atoms with Crippen LogP contribution >= 0.6 is 0 Å². The third-order valence-electron chi connectivity index (χ3n) is 9.69. The van der Waals surface area contributed by atoms with Crippen molar-refractivity contribution in [2.75, 3.05) is 4.90 Å². The van der Waals surface area contributed by atoms with Crippen molar-refractivity contribution in [1.29, 1.82) is 0 Å². The largest absolute Gasteiger partial charge is 0.311 e. The van der Waals surface area contributed by atoms with Crippen LogP contribution in [0.1, 0.15) is 0 Å². The summed E-state index contributed by atoms with van der Waals surface area (Å²) in [6.45, 7) is 0. The van der Waals surface area contributed by atoms with E-state index in [1.807, 2.05) is 30.3 Å². The molecule has 9 rings (SSSR count). The maximum atomic E-state index is 5.58. The van der Waals surface area contributed by atoms with Crippen LogP contribution in [-0.4, -0.2) is 9.97 Å². The first-order valence-corrected chi connectivity index (χ1v) is 17.9. The minimum atomic E-state index is 0.841. The van der Waals surface area contributed by atoms with Gasteiger partial charge in [-0.1, -0.05) is 176 Å². The summed E-state index contributed by atoms with van der Waals surface area (Å²) in [6, 6.07) is 74.2. The van der Waals surface area contributed by atoms with Crippen LogP contribution < -0.4 is 4.90 Å². The molecule has 0 bridgehead atoms. The average molecular weight is 678 g/mol. The summed E-state index contributed by atoms with van der Waals surface area (Å²) in [5.41, 5.74) is 15.4. The number of aromatic nitrogens is 2. The molecular weight excluding hydrogens is 643 g/mol. The Morgan fingerprint density at radius 2 is 0.547 bits per heavy atom. The lowest BCUT2D eigenvalue weighted by Crippen LogP contribution is -2.09. The Morgan fingerprint density at radius 1 is 0.245 bits per heavy atom. The third-order valence-corrected chi connectivity index (χ3v) is 9.69. The first-order chi connectivity index (χ1) is 26.3. The van der Waals surface area contributed by atoms with Gasteiger partial charge in [-0.3, -0.25) is 0 Å². The number of hydrogen-bond acceptors (Lipinski definition) is 3. The maximum Gasteiger partial charge on any atom is 0.0979 e. The molecule has 250 valence electrons. The van der Waals surface area contributed by atoms with Gasteiger partial charge in [0.05, 0.1) is 22.4 Å². The molecule has 0 unspecified atom stereocenters. The molecule has 0 radical (unpaired) electrons. The summed E-state index contributed by atoms with van der Waals surface area (Å²) in [5.74, 6) is 0. The minimum Gasteiger partial charge on any atom is -0.311 e. The highest BCUT2D eigenvalue weighted by Crippen LogP contribution is 2.40.